The fraction of sp³-hybridized carbons (Fsp3) is 0. The highest BCUT2D eigenvalue weighted by atomic mass is 79.9. The van der Waals surface area contributed by atoms with E-state index in [4.69, 9.17) is 11.6 Å². The van der Waals surface area contributed by atoms with Crippen molar-refractivity contribution in [2.24, 2.45) is 0 Å². The summed E-state index contributed by atoms with van der Waals surface area (Å²) in [5.41, 5.74) is -0.297. The number of nitrogens with one attached hydrogen (secondary N) is 1. The number of hydrogen-bond acceptors (Lipinski definition) is 1. The maximum absolute atomic E-state index is 13.4. The van der Waals surface area contributed by atoms with Gasteiger partial charge in [-0.1, -0.05) is 23.7 Å². The van der Waals surface area contributed by atoms with Gasteiger partial charge < -0.3 is 5.32 Å². The van der Waals surface area contributed by atoms with E-state index in [9.17, 15) is 13.6 Å². The predicted molar refractivity (Wildman–Crippen MR) is 73.5 cm³/mol. The Morgan fingerprint density at radius 3 is 2.32 bits per heavy atom. The first-order valence-electron chi connectivity index (χ1n) is 5.20. The molecule has 0 unspecified atom stereocenters. The zero-order valence-electron chi connectivity index (χ0n) is 9.38. The Morgan fingerprint density at radius 1 is 1.11 bits per heavy atom. The van der Waals surface area contributed by atoms with Crippen LogP contribution in [0.2, 0.25) is 5.02 Å². The molecule has 1 amide bonds. The van der Waals surface area contributed by atoms with Crippen molar-refractivity contribution < 1.29 is 13.6 Å². The molecule has 0 fully saturated rings. The SMILES string of the molecule is O=C(Nc1cccc(Cl)c1Br)c1c(F)cccc1F. The summed E-state index contributed by atoms with van der Waals surface area (Å²) in [5, 5.41) is 2.78. The lowest BCUT2D eigenvalue weighted by Gasteiger charge is -2.09. The molecule has 0 aromatic heterocycles. The van der Waals surface area contributed by atoms with Crippen LogP contribution in [0.3, 0.4) is 0 Å². The van der Waals surface area contributed by atoms with Crippen LogP contribution in [0.1, 0.15) is 10.4 Å². The van der Waals surface area contributed by atoms with Crippen LogP contribution in [0.25, 0.3) is 0 Å². The molecule has 0 aliphatic carbocycles. The molecule has 19 heavy (non-hydrogen) atoms. The number of halogens is 4. The third kappa shape index (κ3) is 2.93. The molecule has 2 aromatic rings. The van der Waals surface area contributed by atoms with Crippen molar-refractivity contribution in [3.05, 3.63) is 63.1 Å². The Bertz CT molecular complexity index is 628. The Balaban J connectivity index is 2.34. The third-order valence-electron chi connectivity index (χ3n) is 2.39. The molecule has 0 spiro atoms. The van der Waals surface area contributed by atoms with Gasteiger partial charge in [-0.05, 0) is 40.2 Å². The van der Waals surface area contributed by atoms with Crippen LogP contribution in [0, 0.1) is 11.6 Å². The van der Waals surface area contributed by atoms with Crippen LogP contribution in [0.4, 0.5) is 14.5 Å². The van der Waals surface area contributed by atoms with E-state index in [-0.39, 0.29) is 0 Å². The van der Waals surface area contributed by atoms with Crippen molar-refractivity contribution in [1.82, 2.24) is 0 Å². The smallest absolute Gasteiger partial charge is 0.261 e. The minimum atomic E-state index is -0.921. The summed E-state index contributed by atoms with van der Waals surface area (Å²) in [7, 11) is 0. The van der Waals surface area contributed by atoms with E-state index in [2.05, 4.69) is 21.2 Å². The summed E-state index contributed by atoms with van der Waals surface area (Å²) in [6.07, 6.45) is 0. The summed E-state index contributed by atoms with van der Waals surface area (Å²) in [4.78, 5) is 11.9. The highest BCUT2D eigenvalue weighted by Gasteiger charge is 2.18. The minimum Gasteiger partial charge on any atom is -0.321 e. The lowest BCUT2D eigenvalue weighted by molar-refractivity contribution is 0.101. The standard InChI is InChI=1S/C13H7BrClF2NO/c14-12-7(15)3-1-6-10(12)18-13(19)11-8(16)4-2-5-9(11)17/h1-6H,(H,18,19). The predicted octanol–water partition coefficient (Wildman–Crippen LogP) is 4.63. The van der Waals surface area contributed by atoms with Crippen LogP contribution in [-0.4, -0.2) is 5.91 Å². The van der Waals surface area contributed by atoms with Crippen molar-refractivity contribution in [3.63, 3.8) is 0 Å². The monoisotopic (exact) mass is 345 g/mol. The van der Waals surface area contributed by atoms with E-state index in [1.807, 2.05) is 0 Å². The first-order chi connectivity index (χ1) is 9.00. The maximum Gasteiger partial charge on any atom is 0.261 e. The quantitative estimate of drug-likeness (QED) is 0.844. The average Bonchev–Trinajstić information content (AvgIpc) is 2.35. The largest absolute Gasteiger partial charge is 0.321 e. The van der Waals surface area contributed by atoms with E-state index < -0.39 is 23.1 Å². The molecule has 2 nitrogen and oxygen atoms in total. The second-order valence-corrected chi connectivity index (χ2v) is 4.85. The highest BCUT2D eigenvalue weighted by Crippen LogP contribution is 2.30. The van der Waals surface area contributed by atoms with Gasteiger partial charge in [-0.3, -0.25) is 4.79 Å². The van der Waals surface area contributed by atoms with Crippen LogP contribution in [-0.2, 0) is 0 Å². The number of carbonyl (C=O) groups is 1. The van der Waals surface area contributed by atoms with Crippen LogP contribution in [0.15, 0.2) is 40.9 Å². The van der Waals surface area contributed by atoms with Gasteiger partial charge in [0.2, 0.25) is 0 Å². The van der Waals surface area contributed by atoms with Gasteiger partial charge in [0.05, 0.1) is 15.2 Å². The van der Waals surface area contributed by atoms with E-state index in [1.54, 1.807) is 18.2 Å². The lowest BCUT2D eigenvalue weighted by Crippen LogP contribution is -2.16. The van der Waals surface area contributed by atoms with Gasteiger partial charge in [-0.15, -0.1) is 0 Å². The van der Waals surface area contributed by atoms with Crippen LogP contribution >= 0.6 is 27.5 Å². The number of hydrogen-bond donors (Lipinski definition) is 1. The Hall–Kier alpha value is -1.46. The molecule has 0 atom stereocenters. The van der Waals surface area contributed by atoms with Crippen molar-refractivity contribution in [2.45, 2.75) is 0 Å². The van der Waals surface area contributed by atoms with Gasteiger partial charge >= 0.3 is 0 Å². The molecule has 98 valence electrons. The average molecular weight is 347 g/mol. The van der Waals surface area contributed by atoms with E-state index >= 15 is 0 Å². The molecule has 0 saturated carbocycles. The number of anilines is 1. The van der Waals surface area contributed by atoms with E-state index in [1.165, 1.54) is 6.07 Å². The summed E-state index contributed by atoms with van der Waals surface area (Å²) < 4.78 is 27.3. The zero-order valence-corrected chi connectivity index (χ0v) is 11.7. The molecule has 0 aliphatic heterocycles. The molecule has 6 heteroatoms. The molecule has 0 bridgehead atoms. The molecule has 0 aliphatic rings. The summed E-state index contributed by atoms with van der Waals surface area (Å²) in [6, 6.07) is 8.02. The summed E-state index contributed by atoms with van der Waals surface area (Å²) in [6.45, 7) is 0. The second-order valence-electron chi connectivity index (χ2n) is 3.65. The van der Waals surface area contributed by atoms with Crippen molar-refractivity contribution >= 4 is 39.1 Å². The fourth-order valence-electron chi connectivity index (χ4n) is 1.50. The fourth-order valence-corrected chi connectivity index (χ4v) is 2.04. The molecule has 2 rings (SSSR count). The molecule has 2 aromatic carbocycles. The number of amides is 1. The van der Waals surface area contributed by atoms with Gasteiger partial charge in [0.15, 0.2) is 0 Å². The van der Waals surface area contributed by atoms with E-state index in [0.717, 1.165) is 12.1 Å². The topological polar surface area (TPSA) is 29.1 Å². The summed E-state index contributed by atoms with van der Waals surface area (Å²) in [5.74, 6) is -2.72. The van der Waals surface area contributed by atoms with Gasteiger partial charge in [0.1, 0.15) is 17.2 Å². The van der Waals surface area contributed by atoms with Crippen LogP contribution in [0.5, 0.6) is 0 Å². The number of rotatable bonds is 2. The van der Waals surface area contributed by atoms with Crippen molar-refractivity contribution in [2.75, 3.05) is 5.32 Å². The Kier molecular flexibility index (Phi) is 4.17. The van der Waals surface area contributed by atoms with E-state index in [0.29, 0.717) is 15.2 Å². The van der Waals surface area contributed by atoms with Gasteiger partial charge in [-0.25, -0.2) is 8.78 Å². The molecular weight excluding hydrogens is 340 g/mol. The molecule has 0 heterocycles. The summed E-state index contributed by atoms with van der Waals surface area (Å²) >= 11 is 9.04. The second kappa shape index (κ2) is 5.67. The molecule has 1 N–H and O–H groups in total. The normalized spacial score (nSPS) is 10.3. The Morgan fingerprint density at radius 2 is 1.68 bits per heavy atom. The van der Waals surface area contributed by atoms with Gasteiger partial charge in [-0.2, -0.15) is 0 Å². The van der Waals surface area contributed by atoms with Gasteiger partial charge in [0.25, 0.3) is 5.91 Å². The number of carbonyl (C=O) groups excluding carboxylic acids is 1. The first kappa shape index (κ1) is 14.0. The van der Waals surface area contributed by atoms with Crippen molar-refractivity contribution in [3.8, 4) is 0 Å². The molecular formula is C13H7BrClF2NO. The van der Waals surface area contributed by atoms with Crippen molar-refractivity contribution in [1.29, 1.82) is 0 Å². The van der Waals surface area contributed by atoms with Crippen LogP contribution < -0.4 is 5.32 Å². The highest BCUT2D eigenvalue weighted by molar-refractivity contribution is 9.10. The minimum absolute atomic E-state index is 0.333. The zero-order chi connectivity index (χ0) is 14.0. The first-order valence-corrected chi connectivity index (χ1v) is 6.37. The number of benzene rings is 2. The molecule has 0 radical (unpaired) electrons. The Labute approximate surface area is 121 Å². The third-order valence-corrected chi connectivity index (χ3v) is 3.79. The molecule has 0 saturated heterocycles. The van der Waals surface area contributed by atoms with Gasteiger partial charge in [0, 0.05) is 0 Å². The maximum atomic E-state index is 13.4. The lowest BCUT2D eigenvalue weighted by atomic mass is 10.2.